The van der Waals surface area contributed by atoms with Crippen LogP contribution >= 0.6 is 27.3 Å². The van der Waals surface area contributed by atoms with Crippen LogP contribution in [0.25, 0.3) is 0 Å². The molecule has 2 aliphatic rings. The average molecular weight is 374 g/mol. The molecular weight excluding hydrogens is 350 g/mol. The molecule has 21 heavy (non-hydrogen) atoms. The van der Waals surface area contributed by atoms with E-state index in [1.54, 1.807) is 0 Å². The van der Waals surface area contributed by atoms with Gasteiger partial charge >= 0.3 is 0 Å². The van der Waals surface area contributed by atoms with Crippen molar-refractivity contribution >= 4 is 27.3 Å². The number of thiophene rings is 1. The maximum absolute atomic E-state index is 6.20. The zero-order chi connectivity index (χ0) is 14.7. The summed E-state index contributed by atoms with van der Waals surface area (Å²) in [6.07, 6.45) is 4.39. The standard InChI is InChI=1S/C16H24BrNO2S/c1-2-18-14(15-13(17)4-10-21-15)12-3-7-20-16(11-12)5-8-19-9-6-16/h4,10,12,14,18H,2-3,5-9,11H2,1H3. The predicted octanol–water partition coefficient (Wildman–Crippen LogP) is 4.14. The van der Waals surface area contributed by atoms with Gasteiger partial charge in [-0.2, -0.15) is 0 Å². The Labute approximate surface area is 139 Å². The van der Waals surface area contributed by atoms with Crippen LogP contribution in [0.1, 0.15) is 43.5 Å². The molecule has 3 rings (SSSR count). The topological polar surface area (TPSA) is 30.5 Å². The molecule has 0 saturated carbocycles. The van der Waals surface area contributed by atoms with Crippen molar-refractivity contribution in [1.29, 1.82) is 0 Å². The molecule has 1 aromatic rings. The van der Waals surface area contributed by atoms with E-state index in [-0.39, 0.29) is 5.60 Å². The Kier molecular flexibility index (Phi) is 5.38. The third-order valence-corrected chi connectivity index (χ3v) is 6.71. The lowest BCUT2D eigenvalue weighted by molar-refractivity contribution is -0.150. The van der Waals surface area contributed by atoms with Gasteiger partial charge in [0.2, 0.25) is 0 Å². The molecule has 0 aliphatic carbocycles. The van der Waals surface area contributed by atoms with Gasteiger partial charge in [0.1, 0.15) is 0 Å². The van der Waals surface area contributed by atoms with E-state index in [0.29, 0.717) is 12.0 Å². The number of nitrogens with one attached hydrogen (secondary N) is 1. The normalized spacial score (nSPS) is 26.9. The molecule has 2 unspecified atom stereocenters. The summed E-state index contributed by atoms with van der Waals surface area (Å²) in [7, 11) is 0. The highest BCUT2D eigenvalue weighted by molar-refractivity contribution is 9.10. The molecular formula is C16H24BrNO2S. The van der Waals surface area contributed by atoms with Crippen molar-refractivity contribution in [2.75, 3.05) is 26.4 Å². The number of hydrogen-bond acceptors (Lipinski definition) is 4. The molecule has 5 heteroatoms. The van der Waals surface area contributed by atoms with Gasteiger partial charge in [-0.15, -0.1) is 11.3 Å². The second-order valence-corrected chi connectivity index (χ2v) is 7.87. The summed E-state index contributed by atoms with van der Waals surface area (Å²) in [5.41, 5.74) is 0.0680. The van der Waals surface area contributed by atoms with E-state index in [1.807, 2.05) is 11.3 Å². The summed E-state index contributed by atoms with van der Waals surface area (Å²) in [6.45, 7) is 5.78. The van der Waals surface area contributed by atoms with Crippen molar-refractivity contribution in [3.05, 3.63) is 20.8 Å². The first-order valence-corrected chi connectivity index (χ1v) is 9.59. The number of halogens is 1. The zero-order valence-corrected chi connectivity index (χ0v) is 15.0. The Morgan fingerprint density at radius 3 is 2.90 bits per heavy atom. The molecule has 0 bridgehead atoms. The van der Waals surface area contributed by atoms with Crippen molar-refractivity contribution in [2.45, 2.75) is 44.2 Å². The van der Waals surface area contributed by atoms with Crippen molar-refractivity contribution in [1.82, 2.24) is 5.32 Å². The number of rotatable bonds is 4. The summed E-state index contributed by atoms with van der Waals surface area (Å²) in [5.74, 6) is 0.645. The predicted molar refractivity (Wildman–Crippen MR) is 89.9 cm³/mol. The third-order valence-electron chi connectivity index (χ3n) is 4.76. The molecule has 118 valence electrons. The summed E-state index contributed by atoms with van der Waals surface area (Å²) < 4.78 is 13.0. The molecule has 2 fully saturated rings. The molecule has 1 spiro atoms. The first-order valence-electron chi connectivity index (χ1n) is 7.92. The first kappa shape index (κ1) is 15.9. The fourth-order valence-electron chi connectivity index (χ4n) is 3.66. The molecule has 0 amide bonds. The maximum Gasteiger partial charge on any atom is 0.0729 e. The van der Waals surface area contributed by atoms with E-state index in [2.05, 4.69) is 39.6 Å². The molecule has 2 saturated heterocycles. The van der Waals surface area contributed by atoms with Crippen molar-refractivity contribution < 1.29 is 9.47 Å². The summed E-state index contributed by atoms with van der Waals surface area (Å²) in [6, 6.07) is 2.60. The number of hydrogen-bond donors (Lipinski definition) is 1. The van der Waals surface area contributed by atoms with Crippen LogP contribution in [0.5, 0.6) is 0 Å². The Hall–Kier alpha value is 0.0600. The van der Waals surface area contributed by atoms with Crippen molar-refractivity contribution in [3.63, 3.8) is 0 Å². The minimum Gasteiger partial charge on any atom is -0.381 e. The largest absolute Gasteiger partial charge is 0.381 e. The molecule has 1 N–H and O–H groups in total. The zero-order valence-electron chi connectivity index (χ0n) is 12.6. The Morgan fingerprint density at radius 2 is 2.24 bits per heavy atom. The fraction of sp³-hybridized carbons (Fsp3) is 0.750. The second-order valence-electron chi connectivity index (χ2n) is 6.06. The van der Waals surface area contributed by atoms with Crippen LogP contribution in [-0.2, 0) is 9.47 Å². The quantitative estimate of drug-likeness (QED) is 0.860. The van der Waals surface area contributed by atoms with Crippen LogP contribution in [-0.4, -0.2) is 32.0 Å². The summed E-state index contributed by atoms with van der Waals surface area (Å²) in [5, 5.41) is 5.89. The fourth-order valence-corrected chi connectivity index (χ4v) is 5.45. The van der Waals surface area contributed by atoms with Crippen LogP contribution in [0.3, 0.4) is 0 Å². The van der Waals surface area contributed by atoms with Crippen LogP contribution in [0.4, 0.5) is 0 Å². The van der Waals surface area contributed by atoms with E-state index in [4.69, 9.17) is 9.47 Å². The van der Waals surface area contributed by atoms with Gasteiger partial charge in [-0.25, -0.2) is 0 Å². The van der Waals surface area contributed by atoms with Crippen molar-refractivity contribution in [2.24, 2.45) is 5.92 Å². The molecule has 2 aliphatic heterocycles. The molecule has 0 aromatic carbocycles. The monoisotopic (exact) mass is 373 g/mol. The van der Waals surface area contributed by atoms with Crippen LogP contribution in [0.2, 0.25) is 0 Å². The van der Waals surface area contributed by atoms with Crippen LogP contribution in [0, 0.1) is 5.92 Å². The Bertz CT molecular complexity index is 453. The van der Waals surface area contributed by atoms with Crippen LogP contribution < -0.4 is 5.32 Å². The van der Waals surface area contributed by atoms with Gasteiger partial charge in [-0.1, -0.05) is 6.92 Å². The van der Waals surface area contributed by atoms with E-state index in [9.17, 15) is 0 Å². The minimum atomic E-state index is 0.0680. The van der Waals surface area contributed by atoms with Gasteiger partial charge in [0, 0.05) is 35.2 Å². The van der Waals surface area contributed by atoms with E-state index < -0.39 is 0 Å². The Morgan fingerprint density at radius 1 is 1.43 bits per heavy atom. The molecule has 2 atom stereocenters. The summed E-state index contributed by atoms with van der Waals surface area (Å²) in [4.78, 5) is 1.44. The maximum atomic E-state index is 6.20. The minimum absolute atomic E-state index is 0.0680. The molecule has 0 radical (unpaired) electrons. The molecule has 1 aromatic heterocycles. The lowest BCUT2D eigenvalue weighted by Gasteiger charge is -2.45. The highest BCUT2D eigenvalue weighted by Gasteiger charge is 2.41. The lowest BCUT2D eigenvalue weighted by Crippen LogP contribution is -2.46. The van der Waals surface area contributed by atoms with E-state index >= 15 is 0 Å². The van der Waals surface area contributed by atoms with Gasteiger partial charge in [-0.3, -0.25) is 0 Å². The highest BCUT2D eigenvalue weighted by atomic mass is 79.9. The third kappa shape index (κ3) is 3.53. The first-order chi connectivity index (χ1) is 10.2. The van der Waals surface area contributed by atoms with Crippen LogP contribution in [0.15, 0.2) is 15.9 Å². The smallest absolute Gasteiger partial charge is 0.0729 e. The average Bonchev–Trinajstić information content (AvgIpc) is 2.91. The lowest BCUT2D eigenvalue weighted by atomic mass is 9.77. The number of ether oxygens (including phenoxy) is 2. The molecule has 3 heterocycles. The van der Waals surface area contributed by atoms with E-state index in [0.717, 1.165) is 52.0 Å². The van der Waals surface area contributed by atoms with Gasteiger partial charge < -0.3 is 14.8 Å². The molecule has 3 nitrogen and oxygen atoms in total. The highest BCUT2D eigenvalue weighted by Crippen LogP contribution is 2.44. The summed E-state index contributed by atoms with van der Waals surface area (Å²) >= 11 is 5.56. The SMILES string of the molecule is CCNC(c1sccc1Br)C1CCOC2(CCOCC2)C1. The van der Waals surface area contributed by atoms with Crippen molar-refractivity contribution in [3.8, 4) is 0 Å². The van der Waals surface area contributed by atoms with Gasteiger partial charge in [0.25, 0.3) is 0 Å². The Balaban J connectivity index is 1.77. The van der Waals surface area contributed by atoms with Gasteiger partial charge in [0.05, 0.1) is 5.60 Å². The van der Waals surface area contributed by atoms with Gasteiger partial charge in [-0.05, 0) is 65.5 Å². The second kappa shape index (κ2) is 7.09. The van der Waals surface area contributed by atoms with E-state index in [1.165, 1.54) is 9.35 Å². The van der Waals surface area contributed by atoms with Gasteiger partial charge in [0.15, 0.2) is 0 Å².